The molecule has 84 valence electrons. The molecule has 1 aromatic heterocycles. The smallest absolute Gasteiger partial charge is 0.131 e. The van der Waals surface area contributed by atoms with Crippen LogP contribution in [0.25, 0.3) is 0 Å². The maximum atomic E-state index is 13.4. The van der Waals surface area contributed by atoms with Crippen molar-refractivity contribution in [1.29, 1.82) is 0 Å². The molecule has 2 rings (SSSR count). The van der Waals surface area contributed by atoms with Crippen LogP contribution in [-0.4, -0.2) is 9.55 Å². The van der Waals surface area contributed by atoms with Gasteiger partial charge in [-0.3, -0.25) is 0 Å². The second-order valence-electron chi connectivity index (χ2n) is 3.45. The summed E-state index contributed by atoms with van der Waals surface area (Å²) in [5, 5.41) is 0. The molecule has 0 amide bonds. The first-order valence-electron chi connectivity index (χ1n) is 4.83. The van der Waals surface area contributed by atoms with Gasteiger partial charge in [-0.25, -0.2) is 13.8 Å². The number of nitrogens with two attached hydrogens (primary N) is 1. The third kappa shape index (κ3) is 2.09. The molecule has 1 aromatic carbocycles. The van der Waals surface area contributed by atoms with Crippen molar-refractivity contribution in [3.05, 3.63) is 53.6 Å². The first kappa shape index (κ1) is 10.8. The summed E-state index contributed by atoms with van der Waals surface area (Å²) in [4.78, 5) is 3.92. The number of aromatic nitrogens is 2. The maximum absolute atomic E-state index is 13.4. The van der Waals surface area contributed by atoms with Crippen LogP contribution >= 0.6 is 0 Å². The number of imidazole rings is 1. The predicted octanol–water partition coefficient (Wildman–Crippen LogP) is 1.67. The molecule has 0 bridgehead atoms. The summed E-state index contributed by atoms with van der Waals surface area (Å²) in [5.41, 5.74) is 6.72. The van der Waals surface area contributed by atoms with Crippen molar-refractivity contribution in [1.82, 2.24) is 9.55 Å². The van der Waals surface area contributed by atoms with E-state index in [-0.39, 0.29) is 0 Å². The summed E-state index contributed by atoms with van der Waals surface area (Å²) >= 11 is 0. The van der Waals surface area contributed by atoms with Gasteiger partial charge in [0.25, 0.3) is 0 Å². The normalized spacial score (nSPS) is 10.7. The van der Waals surface area contributed by atoms with Gasteiger partial charge in [0.1, 0.15) is 11.6 Å². The Morgan fingerprint density at radius 3 is 2.81 bits per heavy atom. The lowest BCUT2D eigenvalue weighted by Crippen LogP contribution is -2.08. The molecule has 0 aliphatic heterocycles. The van der Waals surface area contributed by atoms with E-state index in [0.29, 0.717) is 18.7 Å². The first-order chi connectivity index (χ1) is 7.70. The average molecular weight is 223 g/mol. The van der Waals surface area contributed by atoms with Crippen LogP contribution in [0, 0.1) is 11.6 Å². The summed E-state index contributed by atoms with van der Waals surface area (Å²) in [7, 11) is 0. The van der Waals surface area contributed by atoms with Gasteiger partial charge in [0.15, 0.2) is 0 Å². The van der Waals surface area contributed by atoms with E-state index in [1.54, 1.807) is 17.1 Å². The molecule has 0 fully saturated rings. The Labute approximate surface area is 91.5 Å². The molecule has 0 unspecified atom stereocenters. The Morgan fingerprint density at radius 2 is 2.12 bits per heavy atom. The van der Waals surface area contributed by atoms with Crippen LogP contribution in [0.1, 0.15) is 11.3 Å². The molecule has 0 spiro atoms. The summed E-state index contributed by atoms with van der Waals surface area (Å²) in [6.07, 6.45) is 3.20. The molecule has 16 heavy (non-hydrogen) atoms. The number of rotatable bonds is 3. The van der Waals surface area contributed by atoms with Crippen molar-refractivity contribution >= 4 is 0 Å². The van der Waals surface area contributed by atoms with E-state index in [1.165, 1.54) is 12.1 Å². The van der Waals surface area contributed by atoms with E-state index >= 15 is 0 Å². The van der Waals surface area contributed by atoms with Gasteiger partial charge in [-0.05, 0) is 6.07 Å². The SMILES string of the molecule is NCc1cncn1Cc1ccc(F)cc1F. The van der Waals surface area contributed by atoms with E-state index in [9.17, 15) is 8.78 Å². The molecule has 5 heteroatoms. The van der Waals surface area contributed by atoms with Gasteiger partial charge in [0.05, 0.1) is 18.6 Å². The molecule has 1 heterocycles. The molecular weight excluding hydrogens is 212 g/mol. The van der Waals surface area contributed by atoms with E-state index in [4.69, 9.17) is 5.73 Å². The number of hydrogen-bond donors (Lipinski definition) is 1. The van der Waals surface area contributed by atoms with Gasteiger partial charge in [-0.15, -0.1) is 0 Å². The quantitative estimate of drug-likeness (QED) is 0.860. The van der Waals surface area contributed by atoms with Gasteiger partial charge in [-0.2, -0.15) is 0 Å². The third-order valence-corrected chi connectivity index (χ3v) is 2.36. The van der Waals surface area contributed by atoms with Crippen LogP contribution in [0.2, 0.25) is 0 Å². The Morgan fingerprint density at radius 1 is 1.31 bits per heavy atom. The van der Waals surface area contributed by atoms with Crippen LogP contribution in [-0.2, 0) is 13.1 Å². The highest BCUT2D eigenvalue weighted by Gasteiger charge is 2.06. The van der Waals surface area contributed by atoms with Crippen molar-refractivity contribution in [3.8, 4) is 0 Å². The lowest BCUT2D eigenvalue weighted by atomic mass is 10.2. The zero-order chi connectivity index (χ0) is 11.5. The van der Waals surface area contributed by atoms with Crippen LogP contribution in [0.4, 0.5) is 8.78 Å². The molecule has 3 nitrogen and oxygen atoms in total. The summed E-state index contributed by atoms with van der Waals surface area (Å²) in [6, 6.07) is 3.52. The van der Waals surface area contributed by atoms with Gasteiger partial charge < -0.3 is 10.3 Å². The lowest BCUT2D eigenvalue weighted by Gasteiger charge is -2.07. The minimum Gasteiger partial charge on any atom is -0.329 e. The second-order valence-corrected chi connectivity index (χ2v) is 3.45. The molecular formula is C11H11F2N3. The predicted molar refractivity (Wildman–Crippen MR) is 55.6 cm³/mol. The topological polar surface area (TPSA) is 43.8 Å². The van der Waals surface area contributed by atoms with Gasteiger partial charge in [0, 0.05) is 24.4 Å². The third-order valence-electron chi connectivity index (χ3n) is 2.36. The van der Waals surface area contributed by atoms with Gasteiger partial charge in [0.2, 0.25) is 0 Å². The fraction of sp³-hybridized carbons (Fsp3) is 0.182. The van der Waals surface area contributed by atoms with Crippen LogP contribution < -0.4 is 5.73 Å². The van der Waals surface area contributed by atoms with E-state index in [0.717, 1.165) is 11.8 Å². The largest absolute Gasteiger partial charge is 0.329 e. The molecule has 0 saturated heterocycles. The first-order valence-corrected chi connectivity index (χ1v) is 4.83. The minimum absolute atomic E-state index is 0.304. The standard InChI is InChI=1S/C11H11F2N3/c12-9-2-1-8(11(13)3-9)6-16-7-15-5-10(16)4-14/h1-3,5,7H,4,6,14H2. The number of nitrogens with zero attached hydrogens (tertiary/aromatic N) is 2. The highest BCUT2D eigenvalue weighted by Crippen LogP contribution is 2.12. The molecule has 0 atom stereocenters. The van der Waals surface area contributed by atoms with E-state index in [1.807, 2.05) is 0 Å². The van der Waals surface area contributed by atoms with Crippen LogP contribution in [0.5, 0.6) is 0 Å². The van der Waals surface area contributed by atoms with Crippen LogP contribution in [0.15, 0.2) is 30.7 Å². The molecule has 0 aliphatic carbocycles. The summed E-state index contributed by atoms with van der Waals surface area (Å²) in [5.74, 6) is -1.14. The highest BCUT2D eigenvalue weighted by atomic mass is 19.1. The van der Waals surface area contributed by atoms with Crippen LogP contribution in [0.3, 0.4) is 0 Å². The fourth-order valence-corrected chi connectivity index (χ4v) is 1.49. The van der Waals surface area contributed by atoms with Gasteiger partial charge >= 0.3 is 0 Å². The van der Waals surface area contributed by atoms with E-state index in [2.05, 4.69) is 4.98 Å². The van der Waals surface area contributed by atoms with Crippen molar-refractivity contribution in [2.75, 3.05) is 0 Å². The Kier molecular flexibility index (Phi) is 2.96. The summed E-state index contributed by atoms with van der Waals surface area (Å²) in [6.45, 7) is 0.640. The van der Waals surface area contributed by atoms with E-state index < -0.39 is 11.6 Å². The average Bonchev–Trinajstić information content (AvgIpc) is 2.69. The summed E-state index contributed by atoms with van der Waals surface area (Å²) < 4.78 is 27.8. The lowest BCUT2D eigenvalue weighted by molar-refractivity contribution is 0.564. The number of hydrogen-bond acceptors (Lipinski definition) is 2. The molecule has 2 aromatic rings. The zero-order valence-corrected chi connectivity index (χ0v) is 8.53. The zero-order valence-electron chi connectivity index (χ0n) is 8.53. The Bertz CT molecular complexity index is 494. The Balaban J connectivity index is 2.27. The highest BCUT2D eigenvalue weighted by molar-refractivity contribution is 5.19. The molecule has 0 radical (unpaired) electrons. The maximum Gasteiger partial charge on any atom is 0.131 e. The van der Waals surface area contributed by atoms with Gasteiger partial charge in [-0.1, -0.05) is 6.07 Å². The fourth-order valence-electron chi connectivity index (χ4n) is 1.49. The number of benzene rings is 1. The van der Waals surface area contributed by atoms with Crippen molar-refractivity contribution in [2.45, 2.75) is 13.1 Å². The monoisotopic (exact) mass is 223 g/mol. The second kappa shape index (κ2) is 4.40. The molecule has 0 aliphatic rings. The number of halogens is 2. The Hall–Kier alpha value is -1.75. The van der Waals surface area contributed by atoms with Crippen molar-refractivity contribution < 1.29 is 8.78 Å². The molecule has 2 N–H and O–H groups in total. The van der Waals surface area contributed by atoms with Crippen molar-refractivity contribution in [2.24, 2.45) is 5.73 Å². The molecule has 0 saturated carbocycles. The minimum atomic E-state index is -0.578. The van der Waals surface area contributed by atoms with Crippen molar-refractivity contribution in [3.63, 3.8) is 0 Å².